The van der Waals surface area contributed by atoms with Crippen molar-refractivity contribution in [2.45, 2.75) is 25.0 Å². The number of rotatable bonds is 8. The van der Waals surface area contributed by atoms with E-state index in [2.05, 4.69) is 9.26 Å². The molecule has 0 aliphatic heterocycles. The van der Waals surface area contributed by atoms with E-state index >= 15 is 0 Å². The molecule has 0 heterocycles. The number of carbonyl (C=O) groups is 4. The number of aliphatic carboxylic acids is 2. The molecule has 0 amide bonds. The molecule has 12 nitrogen and oxygen atoms in total. The lowest BCUT2D eigenvalue weighted by molar-refractivity contribution is -0.174. The van der Waals surface area contributed by atoms with Crippen LogP contribution in [0.25, 0.3) is 0 Å². The Labute approximate surface area is 116 Å². The molecule has 0 aliphatic carbocycles. The molecule has 0 aromatic rings. The summed E-state index contributed by atoms with van der Waals surface area (Å²) in [6.45, 7) is 0. The highest BCUT2D eigenvalue weighted by Gasteiger charge is 2.34. The molecule has 0 aromatic carbocycles. The van der Waals surface area contributed by atoms with Crippen LogP contribution < -0.4 is 0 Å². The molecule has 0 aliphatic rings. The van der Waals surface area contributed by atoms with Gasteiger partial charge in [-0.15, -0.1) is 0 Å². The number of esters is 2. The fourth-order valence-electron chi connectivity index (χ4n) is 0.970. The first-order valence-corrected chi connectivity index (χ1v) is 6.56. The van der Waals surface area contributed by atoms with Crippen LogP contribution in [0.4, 0.5) is 0 Å². The zero-order valence-electron chi connectivity index (χ0n) is 10.1. The van der Waals surface area contributed by atoms with Gasteiger partial charge in [-0.25, -0.2) is 14.2 Å². The summed E-state index contributed by atoms with van der Waals surface area (Å²) in [5.41, 5.74) is 0. The summed E-state index contributed by atoms with van der Waals surface area (Å²) in [5, 5.41) is 25.7. The summed E-state index contributed by atoms with van der Waals surface area (Å²) < 4.78 is 18.3. The van der Waals surface area contributed by atoms with Crippen LogP contribution >= 0.6 is 7.82 Å². The van der Waals surface area contributed by atoms with Crippen molar-refractivity contribution in [1.29, 1.82) is 0 Å². The van der Waals surface area contributed by atoms with Gasteiger partial charge >= 0.3 is 31.7 Å². The van der Waals surface area contributed by atoms with Crippen LogP contribution in [0, 0.1) is 0 Å². The fourth-order valence-corrected chi connectivity index (χ4v) is 1.46. The molecule has 0 spiro atoms. The molecular weight excluding hydrogens is 319 g/mol. The lowest BCUT2D eigenvalue weighted by Gasteiger charge is -2.15. The standard InChI is InChI=1S/C8H11O12P/c9-3(1-5(10)11)7(14)19-8(15)4(2-6(12)13)20-21(16,17)18/h3-4,9H,1-2H2,(H,10,11)(H,12,13)(H2,16,17,18). The maximum Gasteiger partial charge on any atom is 0.470 e. The highest BCUT2D eigenvalue weighted by atomic mass is 31.2. The lowest BCUT2D eigenvalue weighted by atomic mass is 10.2. The summed E-state index contributed by atoms with van der Waals surface area (Å²) in [5.74, 6) is -6.80. The summed E-state index contributed by atoms with van der Waals surface area (Å²) in [4.78, 5) is 60.0. The monoisotopic (exact) mass is 330 g/mol. The Morgan fingerprint density at radius 1 is 0.952 bits per heavy atom. The van der Waals surface area contributed by atoms with E-state index < -0.39 is 56.7 Å². The van der Waals surface area contributed by atoms with Gasteiger partial charge in [0, 0.05) is 0 Å². The number of phosphoric acid groups is 1. The van der Waals surface area contributed by atoms with E-state index in [4.69, 9.17) is 25.1 Å². The second kappa shape index (κ2) is 7.81. The molecule has 0 radical (unpaired) electrons. The Morgan fingerprint density at radius 3 is 1.81 bits per heavy atom. The molecule has 0 bridgehead atoms. The Hall–Kier alpha value is -1.85. The van der Waals surface area contributed by atoms with Crippen molar-refractivity contribution in [3.05, 3.63) is 0 Å². The van der Waals surface area contributed by atoms with Crippen molar-refractivity contribution in [3.63, 3.8) is 0 Å². The van der Waals surface area contributed by atoms with Gasteiger partial charge in [0.05, 0.1) is 12.8 Å². The topological polar surface area (TPSA) is 205 Å². The van der Waals surface area contributed by atoms with E-state index in [1.54, 1.807) is 0 Å². The molecule has 2 unspecified atom stereocenters. The third kappa shape index (κ3) is 8.83. The van der Waals surface area contributed by atoms with Crippen molar-refractivity contribution < 1.29 is 58.1 Å². The van der Waals surface area contributed by atoms with E-state index in [0.717, 1.165) is 0 Å². The third-order valence-electron chi connectivity index (χ3n) is 1.73. The minimum Gasteiger partial charge on any atom is -0.481 e. The zero-order chi connectivity index (χ0) is 16.8. The van der Waals surface area contributed by atoms with Gasteiger partial charge in [-0.1, -0.05) is 0 Å². The van der Waals surface area contributed by atoms with Crippen LogP contribution in [-0.2, 0) is 33.0 Å². The molecule has 120 valence electrons. The van der Waals surface area contributed by atoms with Gasteiger partial charge in [0.1, 0.15) is 0 Å². The second-order valence-electron chi connectivity index (χ2n) is 3.54. The highest BCUT2D eigenvalue weighted by Crippen LogP contribution is 2.38. The molecule has 0 saturated heterocycles. The predicted molar refractivity (Wildman–Crippen MR) is 58.5 cm³/mol. The van der Waals surface area contributed by atoms with Gasteiger partial charge in [-0.3, -0.25) is 14.1 Å². The second-order valence-corrected chi connectivity index (χ2v) is 4.73. The maximum atomic E-state index is 11.3. The van der Waals surface area contributed by atoms with E-state index in [1.165, 1.54) is 0 Å². The van der Waals surface area contributed by atoms with Crippen LogP contribution in [0.15, 0.2) is 0 Å². The SMILES string of the molecule is O=C(O)CC(O)C(=O)OC(=O)C(CC(=O)O)OP(=O)(O)O. The summed E-state index contributed by atoms with van der Waals surface area (Å²) in [7, 11) is -5.25. The average Bonchev–Trinajstić information content (AvgIpc) is 2.24. The zero-order valence-corrected chi connectivity index (χ0v) is 11.0. The van der Waals surface area contributed by atoms with E-state index in [9.17, 15) is 23.7 Å². The minimum atomic E-state index is -5.25. The predicted octanol–water partition coefficient (Wildman–Crippen LogP) is -2.16. The molecule has 5 N–H and O–H groups in total. The first-order chi connectivity index (χ1) is 9.42. The number of hydrogen-bond donors (Lipinski definition) is 5. The third-order valence-corrected chi connectivity index (χ3v) is 2.26. The van der Waals surface area contributed by atoms with Gasteiger partial charge in [0.15, 0.2) is 12.2 Å². The van der Waals surface area contributed by atoms with Crippen LogP contribution in [0.1, 0.15) is 12.8 Å². The molecule has 0 rings (SSSR count). The molecule has 13 heteroatoms. The van der Waals surface area contributed by atoms with Crippen LogP contribution in [0.2, 0.25) is 0 Å². The van der Waals surface area contributed by atoms with E-state index in [0.29, 0.717) is 0 Å². The van der Waals surface area contributed by atoms with E-state index in [-0.39, 0.29) is 0 Å². The van der Waals surface area contributed by atoms with Crippen LogP contribution in [0.5, 0.6) is 0 Å². The van der Waals surface area contributed by atoms with Gasteiger partial charge in [0.25, 0.3) is 0 Å². The molecule has 21 heavy (non-hydrogen) atoms. The molecular formula is C8H11O12P. The normalized spacial score (nSPS) is 14.0. The summed E-state index contributed by atoms with van der Waals surface area (Å²) >= 11 is 0. The lowest BCUT2D eigenvalue weighted by Crippen LogP contribution is -2.34. The first-order valence-electron chi connectivity index (χ1n) is 5.03. The molecule has 0 saturated carbocycles. The summed E-state index contributed by atoms with van der Waals surface area (Å²) in [6.07, 6.45) is -6.85. The Balaban J connectivity index is 4.81. The number of aliphatic hydroxyl groups is 1. The van der Waals surface area contributed by atoms with Gasteiger partial charge in [0.2, 0.25) is 0 Å². The fraction of sp³-hybridized carbons (Fsp3) is 0.500. The molecule has 0 fully saturated rings. The average molecular weight is 330 g/mol. The van der Waals surface area contributed by atoms with Crippen molar-refractivity contribution >= 4 is 31.7 Å². The number of hydrogen-bond acceptors (Lipinski definition) is 8. The quantitative estimate of drug-likeness (QED) is 0.183. The maximum absolute atomic E-state index is 11.3. The van der Waals surface area contributed by atoms with Gasteiger partial charge < -0.3 is 29.8 Å². The van der Waals surface area contributed by atoms with Crippen LogP contribution in [0.3, 0.4) is 0 Å². The Kier molecular flexibility index (Phi) is 7.12. The number of carboxylic acids is 2. The van der Waals surface area contributed by atoms with Gasteiger partial charge in [-0.2, -0.15) is 0 Å². The number of phosphoric ester groups is 1. The molecule has 2 atom stereocenters. The van der Waals surface area contributed by atoms with E-state index in [1.807, 2.05) is 0 Å². The highest BCUT2D eigenvalue weighted by molar-refractivity contribution is 7.46. The first kappa shape index (κ1) is 19.1. The Morgan fingerprint density at radius 2 is 1.43 bits per heavy atom. The van der Waals surface area contributed by atoms with Crippen LogP contribution in [-0.4, -0.2) is 61.2 Å². The number of carboxylic acid groups (broad SMARTS) is 2. The van der Waals surface area contributed by atoms with Crippen molar-refractivity contribution in [2.75, 3.05) is 0 Å². The Bertz CT molecular complexity index is 478. The number of aliphatic hydroxyl groups excluding tert-OH is 1. The largest absolute Gasteiger partial charge is 0.481 e. The minimum absolute atomic E-state index is 1.09. The van der Waals surface area contributed by atoms with Crippen molar-refractivity contribution in [2.24, 2.45) is 0 Å². The summed E-state index contributed by atoms with van der Waals surface area (Å²) in [6, 6.07) is 0. The van der Waals surface area contributed by atoms with Crippen molar-refractivity contribution in [3.8, 4) is 0 Å². The molecule has 0 aromatic heterocycles. The van der Waals surface area contributed by atoms with Crippen molar-refractivity contribution in [1.82, 2.24) is 0 Å². The van der Waals surface area contributed by atoms with Gasteiger partial charge in [-0.05, 0) is 0 Å². The number of ether oxygens (including phenoxy) is 1. The number of carbonyl (C=O) groups excluding carboxylic acids is 2. The smallest absolute Gasteiger partial charge is 0.470 e.